The summed E-state index contributed by atoms with van der Waals surface area (Å²) < 4.78 is 20.8. The zero-order chi connectivity index (χ0) is 15.0. The second-order valence-corrected chi connectivity index (χ2v) is 6.16. The summed E-state index contributed by atoms with van der Waals surface area (Å²) in [5, 5.41) is 1.01. The summed E-state index contributed by atoms with van der Waals surface area (Å²) >= 11 is 7.59. The average Bonchev–Trinajstić information content (AvgIpc) is 3.02. The number of aryl methyl sites for hydroxylation is 1. The number of aromatic nitrogens is 3. The first kappa shape index (κ1) is 14.3. The van der Waals surface area contributed by atoms with Crippen molar-refractivity contribution in [1.82, 2.24) is 14.5 Å². The molecule has 0 saturated carbocycles. The molecule has 3 aromatic rings. The lowest BCUT2D eigenvalue weighted by Crippen LogP contribution is -2.02. The van der Waals surface area contributed by atoms with Crippen LogP contribution >= 0.6 is 22.9 Å². The number of halogens is 2. The third-order valence-electron chi connectivity index (χ3n) is 3.20. The van der Waals surface area contributed by atoms with Gasteiger partial charge in [0.2, 0.25) is 0 Å². The molecule has 21 heavy (non-hydrogen) atoms. The fourth-order valence-electron chi connectivity index (χ4n) is 2.25. The number of rotatable bonds is 4. The van der Waals surface area contributed by atoms with Crippen molar-refractivity contribution < 1.29 is 9.13 Å². The maximum absolute atomic E-state index is 13.8. The summed E-state index contributed by atoms with van der Waals surface area (Å²) in [5.74, 6) is 0.733. The molecule has 0 saturated heterocycles. The van der Waals surface area contributed by atoms with E-state index in [1.807, 2.05) is 17.7 Å². The zero-order valence-electron chi connectivity index (χ0n) is 11.6. The molecule has 2 aromatic heterocycles. The van der Waals surface area contributed by atoms with Gasteiger partial charge in [-0.25, -0.2) is 14.4 Å². The molecule has 0 radical (unpaired) electrons. The summed E-state index contributed by atoms with van der Waals surface area (Å²) in [6, 6.07) is 3.03. The van der Waals surface area contributed by atoms with E-state index in [2.05, 4.69) is 9.97 Å². The van der Waals surface area contributed by atoms with Crippen molar-refractivity contribution in [1.29, 1.82) is 0 Å². The highest BCUT2D eigenvalue weighted by Gasteiger charge is 2.15. The molecule has 0 N–H and O–H groups in total. The first-order valence-electron chi connectivity index (χ1n) is 6.32. The van der Waals surface area contributed by atoms with E-state index in [-0.39, 0.29) is 11.6 Å². The molecule has 0 unspecified atom stereocenters. The lowest BCUT2D eigenvalue weighted by atomic mass is 10.3. The number of alkyl halides is 1. The molecule has 0 aliphatic heterocycles. The van der Waals surface area contributed by atoms with Gasteiger partial charge in [0, 0.05) is 23.2 Å². The topological polar surface area (TPSA) is 39.9 Å². The van der Waals surface area contributed by atoms with Gasteiger partial charge in [0.1, 0.15) is 5.82 Å². The van der Waals surface area contributed by atoms with Crippen LogP contribution in [-0.2, 0) is 12.4 Å². The number of ether oxygens (including phenoxy) is 1. The number of fused-ring (bicyclic) bond motifs is 1. The van der Waals surface area contributed by atoms with E-state index in [9.17, 15) is 4.39 Å². The summed E-state index contributed by atoms with van der Waals surface area (Å²) in [7, 11) is 1.44. The van der Waals surface area contributed by atoms with Gasteiger partial charge < -0.3 is 9.30 Å². The second kappa shape index (κ2) is 5.61. The smallest absolute Gasteiger partial charge is 0.167 e. The minimum Gasteiger partial charge on any atom is -0.494 e. The van der Waals surface area contributed by atoms with Gasteiger partial charge in [-0.15, -0.1) is 22.9 Å². The molecule has 0 fully saturated rings. The molecule has 1 aromatic carbocycles. The molecule has 0 aliphatic carbocycles. The van der Waals surface area contributed by atoms with Crippen LogP contribution in [0.2, 0.25) is 0 Å². The second-order valence-electron chi connectivity index (χ2n) is 4.57. The van der Waals surface area contributed by atoms with E-state index in [1.165, 1.54) is 13.2 Å². The van der Waals surface area contributed by atoms with Crippen molar-refractivity contribution in [2.75, 3.05) is 7.11 Å². The average molecular weight is 326 g/mol. The summed E-state index contributed by atoms with van der Waals surface area (Å²) in [6.45, 7) is 2.57. The van der Waals surface area contributed by atoms with Crippen molar-refractivity contribution in [3.05, 3.63) is 39.9 Å². The summed E-state index contributed by atoms with van der Waals surface area (Å²) in [5.41, 5.74) is 1.38. The monoisotopic (exact) mass is 325 g/mol. The Bertz CT molecular complexity index is 799. The molecular formula is C14H13ClFN3OS. The van der Waals surface area contributed by atoms with Gasteiger partial charge in [0.25, 0.3) is 0 Å². The van der Waals surface area contributed by atoms with E-state index < -0.39 is 5.82 Å². The number of hydrogen-bond donors (Lipinski definition) is 0. The molecule has 7 heteroatoms. The van der Waals surface area contributed by atoms with Crippen LogP contribution < -0.4 is 4.74 Å². The lowest BCUT2D eigenvalue weighted by molar-refractivity contribution is 0.387. The Morgan fingerprint density at radius 2 is 2.24 bits per heavy atom. The maximum atomic E-state index is 13.8. The Morgan fingerprint density at radius 1 is 1.43 bits per heavy atom. The zero-order valence-corrected chi connectivity index (χ0v) is 13.1. The minimum atomic E-state index is -0.426. The van der Waals surface area contributed by atoms with Crippen LogP contribution in [0.3, 0.4) is 0 Å². The van der Waals surface area contributed by atoms with Crippen molar-refractivity contribution in [2.45, 2.75) is 19.3 Å². The summed E-state index contributed by atoms with van der Waals surface area (Å²) in [6.07, 6.45) is 1.84. The van der Waals surface area contributed by atoms with Crippen LogP contribution in [0, 0.1) is 12.7 Å². The van der Waals surface area contributed by atoms with E-state index in [0.717, 1.165) is 15.4 Å². The van der Waals surface area contributed by atoms with Crippen LogP contribution in [0.15, 0.2) is 18.3 Å². The molecule has 0 amide bonds. The van der Waals surface area contributed by atoms with Gasteiger partial charge in [0.05, 0.1) is 35.6 Å². The van der Waals surface area contributed by atoms with Crippen LogP contribution in [-0.4, -0.2) is 21.6 Å². The standard InChI is InChI=1S/C14H13ClFN3OS/c1-8-17-6-9(21-8)7-19-12-4-13(20-2)10(16)3-11(12)18-14(19)5-15/h3-4,6H,5,7H2,1-2H3. The van der Waals surface area contributed by atoms with E-state index in [4.69, 9.17) is 16.3 Å². The Balaban J connectivity index is 2.14. The normalized spacial score (nSPS) is 11.2. The fourth-order valence-corrected chi connectivity index (χ4v) is 3.23. The molecule has 0 aliphatic rings. The highest BCUT2D eigenvalue weighted by molar-refractivity contribution is 7.11. The van der Waals surface area contributed by atoms with Crippen molar-refractivity contribution >= 4 is 34.0 Å². The number of methoxy groups -OCH3 is 1. The number of benzene rings is 1. The Hall–Kier alpha value is -1.66. The SMILES string of the molecule is COc1cc2c(cc1F)nc(CCl)n2Cc1cnc(C)s1. The first-order chi connectivity index (χ1) is 10.1. The van der Waals surface area contributed by atoms with Crippen molar-refractivity contribution in [3.63, 3.8) is 0 Å². The van der Waals surface area contributed by atoms with Gasteiger partial charge in [-0.2, -0.15) is 0 Å². The predicted molar refractivity (Wildman–Crippen MR) is 81.8 cm³/mol. The summed E-state index contributed by atoms with van der Waals surface area (Å²) in [4.78, 5) is 9.74. The molecule has 0 spiro atoms. The van der Waals surface area contributed by atoms with E-state index in [0.29, 0.717) is 17.9 Å². The number of nitrogens with zero attached hydrogens (tertiary/aromatic N) is 3. The molecule has 110 valence electrons. The van der Waals surface area contributed by atoms with Gasteiger partial charge in [-0.3, -0.25) is 0 Å². The van der Waals surface area contributed by atoms with Crippen LogP contribution in [0.1, 0.15) is 15.7 Å². The number of hydrogen-bond acceptors (Lipinski definition) is 4. The molecule has 2 heterocycles. The molecule has 3 rings (SSSR count). The maximum Gasteiger partial charge on any atom is 0.167 e. The van der Waals surface area contributed by atoms with Crippen LogP contribution in [0.4, 0.5) is 4.39 Å². The van der Waals surface area contributed by atoms with Gasteiger partial charge in [-0.1, -0.05) is 0 Å². The number of imidazole rings is 1. The molecule has 4 nitrogen and oxygen atoms in total. The molecular weight excluding hydrogens is 313 g/mol. The van der Waals surface area contributed by atoms with Gasteiger partial charge >= 0.3 is 0 Å². The third kappa shape index (κ3) is 2.61. The lowest BCUT2D eigenvalue weighted by Gasteiger charge is -2.07. The molecule has 0 bridgehead atoms. The van der Waals surface area contributed by atoms with Crippen LogP contribution in [0.25, 0.3) is 11.0 Å². The highest BCUT2D eigenvalue weighted by Crippen LogP contribution is 2.27. The van der Waals surface area contributed by atoms with Gasteiger partial charge in [0.15, 0.2) is 11.6 Å². The predicted octanol–water partition coefficient (Wildman–Crippen LogP) is 3.74. The Labute approximate surface area is 130 Å². The van der Waals surface area contributed by atoms with E-state index in [1.54, 1.807) is 17.4 Å². The Kier molecular flexibility index (Phi) is 3.82. The number of thiazole rings is 1. The molecule has 0 atom stereocenters. The third-order valence-corrected chi connectivity index (χ3v) is 4.34. The van der Waals surface area contributed by atoms with Gasteiger partial charge in [-0.05, 0) is 6.92 Å². The van der Waals surface area contributed by atoms with Crippen LogP contribution in [0.5, 0.6) is 5.75 Å². The quantitative estimate of drug-likeness (QED) is 0.686. The van der Waals surface area contributed by atoms with Crippen molar-refractivity contribution in [3.8, 4) is 5.75 Å². The largest absolute Gasteiger partial charge is 0.494 e. The first-order valence-corrected chi connectivity index (χ1v) is 7.67. The van der Waals surface area contributed by atoms with E-state index >= 15 is 0 Å². The minimum absolute atomic E-state index is 0.199. The fraction of sp³-hybridized carbons (Fsp3) is 0.286. The van der Waals surface area contributed by atoms with Crippen molar-refractivity contribution in [2.24, 2.45) is 0 Å². The Morgan fingerprint density at radius 3 is 2.86 bits per heavy atom. The highest BCUT2D eigenvalue weighted by atomic mass is 35.5.